The van der Waals surface area contributed by atoms with E-state index >= 15 is 0 Å². The molecule has 2 N–H and O–H groups in total. The van der Waals surface area contributed by atoms with Crippen molar-refractivity contribution < 1.29 is 13.2 Å². The Balaban J connectivity index is 0.00000420. The molecule has 1 unspecified atom stereocenters. The van der Waals surface area contributed by atoms with E-state index in [1.54, 1.807) is 7.05 Å². The summed E-state index contributed by atoms with van der Waals surface area (Å²) in [5, 5.41) is 6.51. The second kappa shape index (κ2) is 12.6. The number of rotatable bonds is 8. The summed E-state index contributed by atoms with van der Waals surface area (Å²) >= 11 is 0. The molecule has 5 nitrogen and oxygen atoms in total. The molecule has 1 atom stereocenters. The van der Waals surface area contributed by atoms with Crippen LogP contribution in [0.3, 0.4) is 0 Å². The molecule has 9 heteroatoms. The van der Waals surface area contributed by atoms with Gasteiger partial charge >= 0.3 is 6.18 Å². The highest BCUT2D eigenvalue weighted by Gasteiger charge is 2.34. The van der Waals surface area contributed by atoms with E-state index in [2.05, 4.69) is 58.6 Å². The van der Waals surface area contributed by atoms with Gasteiger partial charge in [-0.3, -0.25) is 14.8 Å². The quantitative estimate of drug-likeness (QED) is 0.309. The Kier molecular flexibility index (Phi) is 11.3. The van der Waals surface area contributed by atoms with E-state index in [4.69, 9.17) is 0 Å². The van der Waals surface area contributed by atoms with Crippen LogP contribution in [0.2, 0.25) is 0 Å². The number of benzene rings is 1. The zero-order valence-corrected chi connectivity index (χ0v) is 19.8. The molecular formula is C20H33F3IN5. The van der Waals surface area contributed by atoms with E-state index in [0.29, 0.717) is 32.0 Å². The van der Waals surface area contributed by atoms with E-state index < -0.39 is 12.7 Å². The molecule has 1 aliphatic rings. The minimum absolute atomic E-state index is 0. The molecule has 0 radical (unpaired) electrons. The molecule has 2 rings (SSSR count). The predicted molar refractivity (Wildman–Crippen MR) is 123 cm³/mol. The Hall–Kier alpha value is -1.07. The first-order chi connectivity index (χ1) is 13.3. The van der Waals surface area contributed by atoms with Crippen LogP contribution >= 0.6 is 24.0 Å². The first-order valence-corrected chi connectivity index (χ1v) is 9.89. The highest BCUT2D eigenvalue weighted by Crippen LogP contribution is 2.19. The van der Waals surface area contributed by atoms with Crippen LogP contribution in [0.1, 0.15) is 31.4 Å². The number of nitrogens with zero attached hydrogens (tertiary/aromatic N) is 3. The van der Waals surface area contributed by atoms with Crippen LogP contribution in [-0.2, 0) is 13.1 Å². The summed E-state index contributed by atoms with van der Waals surface area (Å²) in [6.07, 6.45) is -3.47. The maximum atomic E-state index is 12.5. The van der Waals surface area contributed by atoms with Crippen LogP contribution in [-0.4, -0.2) is 67.7 Å². The Bertz CT molecular complexity index is 635. The van der Waals surface area contributed by atoms with Gasteiger partial charge in [0.2, 0.25) is 0 Å². The van der Waals surface area contributed by atoms with Gasteiger partial charge in [-0.15, -0.1) is 24.0 Å². The molecule has 29 heavy (non-hydrogen) atoms. The predicted octanol–water partition coefficient (Wildman–Crippen LogP) is 3.45. The average molecular weight is 527 g/mol. The van der Waals surface area contributed by atoms with Crippen LogP contribution < -0.4 is 10.6 Å². The molecule has 1 saturated heterocycles. The maximum Gasteiger partial charge on any atom is 0.401 e. The molecule has 166 valence electrons. The van der Waals surface area contributed by atoms with Crippen LogP contribution in [0, 0.1) is 0 Å². The molecule has 1 aromatic carbocycles. The van der Waals surface area contributed by atoms with Crippen molar-refractivity contribution in [1.82, 2.24) is 20.4 Å². The van der Waals surface area contributed by atoms with Crippen molar-refractivity contribution in [2.75, 3.05) is 39.8 Å². The van der Waals surface area contributed by atoms with Crippen molar-refractivity contribution in [1.29, 1.82) is 0 Å². The Morgan fingerprint density at radius 1 is 1.24 bits per heavy atom. The lowest BCUT2D eigenvalue weighted by Crippen LogP contribution is -2.44. The van der Waals surface area contributed by atoms with E-state index in [1.165, 1.54) is 10.5 Å². The maximum absolute atomic E-state index is 12.5. The van der Waals surface area contributed by atoms with E-state index in [1.807, 2.05) is 0 Å². The molecule has 1 aromatic rings. The summed E-state index contributed by atoms with van der Waals surface area (Å²) in [6, 6.07) is 8.40. The highest BCUT2D eigenvalue weighted by atomic mass is 127. The van der Waals surface area contributed by atoms with Crippen molar-refractivity contribution in [3.8, 4) is 0 Å². The van der Waals surface area contributed by atoms with Crippen molar-refractivity contribution in [3.63, 3.8) is 0 Å². The van der Waals surface area contributed by atoms with Crippen LogP contribution in [0.5, 0.6) is 0 Å². The second-order valence-electron chi connectivity index (χ2n) is 7.19. The molecule has 0 bridgehead atoms. The van der Waals surface area contributed by atoms with Gasteiger partial charge < -0.3 is 10.6 Å². The van der Waals surface area contributed by atoms with Gasteiger partial charge in [-0.1, -0.05) is 38.1 Å². The summed E-state index contributed by atoms with van der Waals surface area (Å²) in [5.41, 5.74) is 2.42. The second-order valence-corrected chi connectivity index (χ2v) is 7.19. The third-order valence-corrected chi connectivity index (χ3v) is 4.99. The van der Waals surface area contributed by atoms with Crippen LogP contribution in [0.15, 0.2) is 29.3 Å². The Morgan fingerprint density at radius 2 is 1.93 bits per heavy atom. The van der Waals surface area contributed by atoms with E-state index in [9.17, 15) is 13.2 Å². The number of alkyl halides is 3. The molecular weight excluding hydrogens is 494 g/mol. The summed E-state index contributed by atoms with van der Waals surface area (Å²) in [6.45, 7) is 7.85. The van der Waals surface area contributed by atoms with Gasteiger partial charge in [0.25, 0.3) is 0 Å². The van der Waals surface area contributed by atoms with Gasteiger partial charge in [0.05, 0.1) is 6.54 Å². The molecule has 0 aliphatic carbocycles. The van der Waals surface area contributed by atoms with Crippen LogP contribution in [0.4, 0.5) is 13.2 Å². The Morgan fingerprint density at radius 3 is 2.55 bits per heavy atom. The summed E-state index contributed by atoms with van der Waals surface area (Å²) in [5.74, 6) is 0.619. The molecule has 0 amide bonds. The normalized spacial score (nSPS) is 18.0. The topological polar surface area (TPSA) is 42.9 Å². The van der Waals surface area contributed by atoms with Crippen molar-refractivity contribution >= 4 is 29.9 Å². The van der Waals surface area contributed by atoms with E-state index in [-0.39, 0.29) is 30.0 Å². The fraction of sp³-hybridized carbons (Fsp3) is 0.650. The molecule has 1 aliphatic heterocycles. The monoisotopic (exact) mass is 527 g/mol. The first-order valence-electron chi connectivity index (χ1n) is 9.89. The SMILES string of the molecule is CCN(CC)Cc1cccc(CNC(=NC)NC2CCN(CC(F)(F)F)C2)c1.I. The van der Waals surface area contributed by atoms with Gasteiger partial charge in [-0.2, -0.15) is 13.2 Å². The fourth-order valence-electron chi connectivity index (χ4n) is 3.46. The average Bonchev–Trinajstić information content (AvgIpc) is 3.08. The lowest BCUT2D eigenvalue weighted by Gasteiger charge is -2.20. The summed E-state index contributed by atoms with van der Waals surface area (Å²) in [7, 11) is 1.68. The number of halogens is 4. The highest BCUT2D eigenvalue weighted by molar-refractivity contribution is 14.0. The fourth-order valence-corrected chi connectivity index (χ4v) is 3.46. The van der Waals surface area contributed by atoms with Gasteiger partial charge in [-0.25, -0.2) is 0 Å². The van der Waals surface area contributed by atoms with E-state index in [0.717, 1.165) is 25.2 Å². The van der Waals surface area contributed by atoms with Crippen molar-refractivity contribution in [2.24, 2.45) is 4.99 Å². The lowest BCUT2D eigenvalue weighted by molar-refractivity contribution is -0.143. The third kappa shape index (κ3) is 9.52. The number of hydrogen-bond acceptors (Lipinski definition) is 3. The molecule has 0 spiro atoms. The number of aliphatic imine (C=N–C) groups is 1. The van der Waals surface area contributed by atoms with Gasteiger partial charge in [0.1, 0.15) is 0 Å². The minimum atomic E-state index is -4.15. The molecule has 1 fully saturated rings. The number of likely N-dealkylation sites (tertiary alicyclic amines) is 1. The summed E-state index contributed by atoms with van der Waals surface area (Å²) < 4.78 is 37.6. The molecule has 0 aromatic heterocycles. The standard InChI is InChI=1S/C20H32F3N5.HI/c1-4-27(5-2)13-17-8-6-7-16(11-17)12-25-19(24-3)26-18-9-10-28(14-18)15-20(21,22)23;/h6-8,11,18H,4-5,9-10,12-15H2,1-3H3,(H2,24,25,26);1H. The number of hydrogen-bond donors (Lipinski definition) is 2. The van der Waals surface area contributed by atoms with Crippen molar-refractivity contribution in [2.45, 2.75) is 45.6 Å². The number of nitrogens with one attached hydrogen (secondary N) is 2. The number of guanidine groups is 1. The lowest BCUT2D eigenvalue weighted by atomic mass is 10.1. The Labute approximate surface area is 189 Å². The van der Waals surface area contributed by atoms with Gasteiger partial charge in [0.15, 0.2) is 5.96 Å². The first kappa shape index (κ1) is 26.0. The summed E-state index contributed by atoms with van der Waals surface area (Å²) in [4.78, 5) is 8.00. The third-order valence-electron chi connectivity index (χ3n) is 4.99. The van der Waals surface area contributed by atoms with Gasteiger partial charge in [0, 0.05) is 39.3 Å². The van der Waals surface area contributed by atoms with Crippen LogP contribution in [0.25, 0.3) is 0 Å². The van der Waals surface area contributed by atoms with Gasteiger partial charge in [-0.05, 0) is 30.6 Å². The zero-order chi connectivity index (χ0) is 20.6. The largest absolute Gasteiger partial charge is 0.401 e. The van der Waals surface area contributed by atoms with Crippen molar-refractivity contribution in [3.05, 3.63) is 35.4 Å². The zero-order valence-electron chi connectivity index (χ0n) is 17.4. The minimum Gasteiger partial charge on any atom is -0.352 e. The smallest absolute Gasteiger partial charge is 0.352 e. The molecule has 0 saturated carbocycles. The molecule has 1 heterocycles.